The van der Waals surface area contributed by atoms with Crippen molar-refractivity contribution in [3.05, 3.63) is 26.7 Å². The lowest BCUT2D eigenvalue weighted by atomic mass is 9.98. The average molecular weight is 227 g/mol. The van der Waals surface area contributed by atoms with E-state index in [1.54, 1.807) is 11.7 Å². The van der Waals surface area contributed by atoms with Crippen molar-refractivity contribution < 1.29 is 9.72 Å². The Hall–Kier alpha value is -1.50. The van der Waals surface area contributed by atoms with Crippen LogP contribution in [0.3, 0.4) is 0 Å². The molecule has 80 valence electrons. The lowest BCUT2D eigenvalue weighted by molar-refractivity contribution is -0.529. The maximum Gasteiger partial charge on any atom is 0.238 e. The monoisotopic (exact) mass is 227 g/mol. The summed E-state index contributed by atoms with van der Waals surface area (Å²) in [6.07, 6.45) is 2.08. The van der Waals surface area contributed by atoms with E-state index in [0.29, 0.717) is 6.42 Å². The maximum atomic E-state index is 11.2. The van der Waals surface area contributed by atoms with Crippen LogP contribution >= 0.6 is 11.3 Å². The van der Waals surface area contributed by atoms with Crippen molar-refractivity contribution in [1.29, 1.82) is 0 Å². The topological polar surface area (TPSA) is 85.1 Å². The van der Waals surface area contributed by atoms with E-state index >= 15 is 0 Å². The van der Waals surface area contributed by atoms with E-state index in [4.69, 9.17) is 0 Å². The number of nitrogens with zero attached hydrogens (tertiary/aromatic N) is 2. The molecule has 1 aliphatic rings. The predicted molar refractivity (Wildman–Crippen MR) is 53.0 cm³/mol. The van der Waals surface area contributed by atoms with Gasteiger partial charge < -0.3 is 5.32 Å². The van der Waals surface area contributed by atoms with Crippen LogP contribution < -0.4 is 5.32 Å². The van der Waals surface area contributed by atoms with Gasteiger partial charge in [-0.2, -0.15) is 0 Å². The number of hydrogen-bond donors (Lipinski definition) is 1. The average Bonchev–Trinajstić information content (AvgIpc) is 2.69. The third kappa shape index (κ3) is 1.96. The zero-order chi connectivity index (χ0) is 10.8. The highest BCUT2D eigenvalue weighted by Crippen LogP contribution is 2.28. The van der Waals surface area contributed by atoms with Gasteiger partial charge in [0.15, 0.2) is 0 Å². The Morgan fingerprint density at radius 3 is 3.07 bits per heavy atom. The van der Waals surface area contributed by atoms with E-state index in [2.05, 4.69) is 10.3 Å². The Labute approximate surface area is 89.5 Å². The van der Waals surface area contributed by atoms with Crippen LogP contribution in [0.4, 0.5) is 0 Å². The highest BCUT2D eigenvalue weighted by atomic mass is 32.1. The molecule has 1 aromatic heterocycles. The lowest BCUT2D eigenvalue weighted by Gasteiger charge is -2.25. The number of nitrogens with one attached hydrogen (secondary N) is 1. The minimum Gasteiger partial charge on any atom is -0.342 e. The van der Waals surface area contributed by atoms with E-state index in [1.165, 1.54) is 11.3 Å². The van der Waals surface area contributed by atoms with Gasteiger partial charge in [0.05, 0.1) is 10.4 Å². The number of carbonyl (C=O) groups is 1. The molecule has 0 unspecified atom stereocenters. The number of nitro groups is 1. The van der Waals surface area contributed by atoms with Crippen LogP contribution in [0.25, 0.3) is 0 Å². The van der Waals surface area contributed by atoms with Crippen molar-refractivity contribution in [2.75, 3.05) is 0 Å². The van der Waals surface area contributed by atoms with Gasteiger partial charge in [-0.15, -0.1) is 11.3 Å². The fraction of sp³-hybridized carbons (Fsp3) is 0.500. The van der Waals surface area contributed by atoms with Gasteiger partial charge in [-0.1, -0.05) is 0 Å². The molecule has 1 fully saturated rings. The van der Waals surface area contributed by atoms with Gasteiger partial charge in [-0.3, -0.25) is 19.9 Å². The van der Waals surface area contributed by atoms with E-state index < -0.39 is 12.1 Å². The van der Waals surface area contributed by atoms with Crippen molar-refractivity contribution in [3.8, 4) is 0 Å². The molecule has 2 rings (SSSR count). The quantitative estimate of drug-likeness (QED) is 0.596. The zero-order valence-electron chi connectivity index (χ0n) is 7.75. The largest absolute Gasteiger partial charge is 0.342 e. The Kier molecular flexibility index (Phi) is 2.63. The summed E-state index contributed by atoms with van der Waals surface area (Å²) in [5.74, 6) is -0.133. The fourth-order valence-corrected chi connectivity index (χ4v) is 2.38. The molecule has 0 aliphatic carbocycles. The van der Waals surface area contributed by atoms with Gasteiger partial charge in [-0.05, 0) is 0 Å². The van der Waals surface area contributed by atoms with Gasteiger partial charge in [0.2, 0.25) is 11.9 Å². The van der Waals surface area contributed by atoms with Crippen LogP contribution in [0.2, 0.25) is 0 Å². The highest BCUT2D eigenvalue weighted by molar-refractivity contribution is 7.09. The second-order valence-corrected chi connectivity index (χ2v) is 4.26. The van der Waals surface area contributed by atoms with Crippen molar-refractivity contribution in [3.63, 3.8) is 0 Å². The van der Waals surface area contributed by atoms with Crippen LogP contribution in [0, 0.1) is 10.1 Å². The summed E-state index contributed by atoms with van der Waals surface area (Å²) in [6.45, 7) is 0. The zero-order valence-corrected chi connectivity index (χ0v) is 8.57. The second-order valence-electron chi connectivity index (χ2n) is 3.34. The van der Waals surface area contributed by atoms with Crippen LogP contribution in [-0.4, -0.2) is 21.9 Å². The molecule has 0 saturated carbocycles. The molecule has 1 amide bonds. The number of carbonyl (C=O) groups excluding carboxylic acids is 1. The maximum absolute atomic E-state index is 11.2. The number of aromatic nitrogens is 1. The molecular formula is C8H9N3O3S. The first-order valence-corrected chi connectivity index (χ1v) is 5.37. The Balaban J connectivity index is 2.24. The third-order valence-electron chi connectivity index (χ3n) is 2.40. The molecule has 0 spiro atoms. The summed E-state index contributed by atoms with van der Waals surface area (Å²) in [4.78, 5) is 26.3. The van der Waals surface area contributed by atoms with Crippen molar-refractivity contribution >= 4 is 17.2 Å². The van der Waals surface area contributed by atoms with E-state index in [-0.39, 0.29) is 17.3 Å². The number of rotatable bonds is 2. The molecule has 0 radical (unpaired) electrons. The van der Waals surface area contributed by atoms with E-state index in [0.717, 1.165) is 4.88 Å². The molecule has 2 heterocycles. The first-order chi connectivity index (χ1) is 7.18. The van der Waals surface area contributed by atoms with Crippen LogP contribution in [-0.2, 0) is 4.79 Å². The summed E-state index contributed by atoms with van der Waals surface area (Å²) < 4.78 is 0. The van der Waals surface area contributed by atoms with Gasteiger partial charge in [0.25, 0.3) is 0 Å². The Bertz CT molecular complexity index is 378. The number of hydrogen-bond acceptors (Lipinski definition) is 5. The summed E-state index contributed by atoms with van der Waals surface area (Å²) >= 11 is 1.32. The second kappa shape index (κ2) is 3.93. The lowest BCUT2D eigenvalue weighted by Crippen LogP contribution is -2.44. The van der Waals surface area contributed by atoms with Gasteiger partial charge in [0.1, 0.15) is 6.04 Å². The fourth-order valence-electron chi connectivity index (χ4n) is 1.65. The molecule has 2 atom stereocenters. The van der Waals surface area contributed by atoms with Crippen LogP contribution in [0.5, 0.6) is 0 Å². The molecule has 1 N–H and O–H groups in total. The molecule has 0 aromatic carbocycles. The summed E-state index contributed by atoms with van der Waals surface area (Å²) in [5, 5.41) is 13.4. The SMILES string of the molecule is O=C1CC[C@@H]([N+](=O)[O-])[C@@H](c2cncs2)N1. The van der Waals surface area contributed by atoms with E-state index in [9.17, 15) is 14.9 Å². The third-order valence-corrected chi connectivity index (χ3v) is 3.26. The summed E-state index contributed by atoms with van der Waals surface area (Å²) in [5.41, 5.74) is 1.60. The molecule has 1 aromatic rings. The molecule has 1 aliphatic heterocycles. The van der Waals surface area contributed by atoms with Crippen LogP contribution in [0.15, 0.2) is 11.7 Å². The van der Waals surface area contributed by atoms with Crippen molar-refractivity contribution in [2.45, 2.75) is 24.9 Å². The van der Waals surface area contributed by atoms with Gasteiger partial charge in [0, 0.05) is 24.0 Å². The minimum absolute atomic E-state index is 0.133. The van der Waals surface area contributed by atoms with Crippen LogP contribution in [0.1, 0.15) is 23.8 Å². The molecule has 6 nitrogen and oxygen atoms in total. The standard InChI is InChI=1S/C8H9N3O3S/c12-7-2-1-5(11(13)14)8(10-7)6-3-9-4-15-6/h3-5,8H,1-2H2,(H,10,12)/t5-,8+/m1/s1. The van der Waals surface area contributed by atoms with Gasteiger partial charge in [-0.25, -0.2) is 0 Å². The molecular weight excluding hydrogens is 218 g/mol. The Morgan fingerprint density at radius 2 is 2.47 bits per heavy atom. The van der Waals surface area contributed by atoms with Crippen molar-refractivity contribution in [1.82, 2.24) is 10.3 Å². The minimum atomic E-state index is -0.733. The number of thiazole rings is 1. The van der Waals surface area contributed by atoms with E-state index in [1.807, 2.05) is 0 Å². The predicted octanol–water partition coefficient (Wildman–Crippen LogP) is 0.739. The number of piperidine rings is 1. The smallest absolute Gasteiger partial charge is 0.238 e. The normalized spacial score (nSPS) is 26.0. The van der Waals surface area contributed by atoms with Crippen molar-refractivity contribution in [2.24, 2.45) is 0 Å². The molecule has 15 heavy (non-hydrogen) atoms. The number of amides is 1. The summed E-state index contributed by atoms with van der Waals surface area (Å²) in [6, 6.07) is -1.25. The Morgan fingerprint density at radius 1 is 1.67 bits per heavy atom. The van der Waals surface area contributed by atoms with Gasteiger partial charge >= 0.3 is 0 Å². The summed E-state index contributed by atoms with van der Waals surface area (Å²) in [7, 11) is 0. The molecule has 7 heteroatoms. The molecule has 1 saturated heterocycles. The first kappa shape index (κ1) is 10.0. The highest BCUT2D eigenvalue weighted by Gasteiger charge is 2.38. The molecule has 0 bridgehead atoms. The first-order valence-electron chi connectivity index (χ1n) is 4.49.